The van der Waals surface area contributed by atoms with Crippen LogP contribution in [0.3, 0.4) is 0 Å². The first-order valence-electron chi connectivity index (χ1n) is 4.98. The van der Waals surface area contributed by atoms with Gasteiger partial charge in [-0.2, -0.15) is 0 Å². The van der Waals surface area contributed by atoms with E-state index in [-0.39, 0.29) is 0 Å². The van der Waals surface area contributed by atoms with Gasteiger partial charge in [0.1, 0.15) is 12.4 Å². The molecule has 0 saturated heterocycles. The van der Waals surface area contributed by atoms with Gasteiger partial charge in [0, 0.05) is 6.54 Å². The Bertz CT molecular complexity index is 377. The Morgan fingerprint density at radius 2 is 2.12 bits per heavy atom. The maximum Gasteiger partial charge on any atom is 0.250 e. The lowest BCUT2D eigenvalue weighted by Gasteiger charge is -2.13. The fraction of sp³-hybridized carbons (Fsp3) is 0.364. The third-order valence-corrected chi connectivity index (χ3v) is 2.13. The van der Waals surface area contributed by atoms with Gasteiger partial charge in [-0.15, -0.1) is 0 Å². The molecule has 0 heterocycles. The van der Waals surface area contributed by atoms with Crippen molar-refractivity contribution in [3.05, 3.63) is 23.8 Å². The number of para-hydroxylation sites is 1. The lowest BCUT2D eigenvalue weighted by molar-refractivity contribution is 0.100. The molecule has 0 aliphatic carbocycles. The Labute approximate surface area is 95.0 Å². The lowest BCUT2D eigenvalue weighted by atomic mass is 10.1. The van der Waals surface area contributed by atoms with Crippen LogP contribution in [0, 0.1) is 0 Å². The molecule has 4 N–H and O–H groups in total. The molecule has 0 fully saturated rings. The van der Waals surface area contributed by atoms with Crippen molar-refractivity contribution in [2.24, 2.45) is 5.73 Å². The smallest absolute Gasteiger partial charge is 0.250 e. The van der Waals surface area contributed by atoms with E-state index in [0.717, 1.165) is 6.54 Å². The van der Waals surface area contributed by atoms with Crippen molar-refractivity contribution in [1.82, 2.24) is 4.90 Å². The van der Waals surface area contributed by atoms with Gasteiger partial charge in [0.2, 0.25) is 0 Å². The van der Waals surface area contributed by atoms with E-state index < -0.39 is 5.91 Å². The van der Waals surface area contributed by atoms with E-state index >= 15 is 0 Å². The standard InChI is InChI=1S/C11H17N3O2/c1-14(2)6-7-16-9-5-3-4-8(10(9)12)11(13)15/h3-5H,6-7,12H2,1-2H3,(H2,13,15). The van der Waals surface area contributed by atoms with Crippen LogP contribution in [0.2, 0.25) is 0 Å². The van der Waals surface area contributed by atoms with Crippen molar-refractivity contribution in [1.29, 1.82) is 0 Å². The summed E-state index contributed by atoms with van der Waals surface area (Å²) in [5.74, 6) is -0.0475. The zero-order valence-corrected chi connectivity index (χ0v) is 9.56. The highest BCUT2D eigenvalue weighted by molar-refractivity contribution is 5.99. The summed E-state index contributed by atoms with van der Waals surface area (Å²) in [6, 6.07) is 5.00. The molecule has 0 aliphatic heterocycles. The van der Waals surface area contributed by atoms with E-state index in [0.29, 0.717) is 23.6 Å². The van der Waals surface area contributed by atoms with Crippen molar-refractivity contribution in [2.45, 2.75) is 0 Å². The predicted molar refractivity (Wildman–Crippen MR) is 63.4 cm³/mol. The number of hydrogen-bond donors (Lipinski definition) is 2. The third kappa shape index (κ3) is 3.13. The molecule has 0 aliphatic rings. The number of carbonyl (C=O) groups is 1. The highest BCUT2D eigenvalue weighted by atomic mass is 16.5. The van der Waals surface area contributed by atoms with Gasteiger partial charge < -0.3 is 21.1 Å². The fourth-order valence-corrected chi connectivity index (χ4v) is 1.22. The third-order valence-electron chi connectivity index (χ3n) is 2.13. The average molecular weight is 223 g/mol. The zero-order valence-electron chi connectivity index (χ0n) is 9.56. The number of anilines is 1. The topological polar surface area (TPSA) is 81.6 Å². The van der Waals surface area contributed by atoms with Gasteiger partial charge in [0.15, 0.2) is 0 Å². The average Bonchev–Trinajstić information content (AvgIpc) is 2.19. The van der Waals surface area contributed by atoms with Gasteiger partial charge in [0.25, 0.3) is 5.91 Å². The molecule has 1 amide bonds. The van der Waals surface area contributed by atoms with Crippen molar-refractivity contribution >= 4 is 11.6 Å². The van der Waals surface area contributed by atoms with Crippen LogP contribution >= 0.6 is 0 Å². The molecule has 16 heavy (non-hydrogen) atoms. The van der Waals surface area contributed by atoms with E-state index in [2.05, 4.69) is 0 Å². The molecule has 0 radical (unpaired) electrons. The summed E-state index contributed by atoms with van der Waals surface area (Å²) in [6.07, 6.45) is 0. The molecule has 1 aromatic rings. The van der Waals surface area contributed by atoms with E-state index in [1.807, 2.05) is 19.0 Å². The summed E-state index contributed by atoms with van der Waals surface area (Å²) in [5.41, 5.74) is 11.5. The van der Waals surface area contributed by atoms with Gasteiger partial charge in [-0.3, -0.25) is 4.79 Å². The van der Waals surface area contributed by atoms with Crippen LogP contribution < -0.4 is 16.2 Å². The molecule has 0 bridgehead atoms. The first-order valence-corrected chi connectivity index (χ1v) is 4.98. The SMILES string of the molecule is CN(C)CCOc1cccc(C(N)=O)c1N. The summed E-state index contributed by atoms with van der Waals surface area (Å²) >= 11 is 0. The van der Waals surface area contributed by atoms with Crippen LogP contribution in [-0.2, 0) is 0 Å². The monoisotopic (exact) mass is 223 g/mol. The maximum atomic E-state index is 11.0. The number of carbonyl (C=O) groups excluding carboxylic acids is 1. The van der Waals surface area contributed by atoms with E-state index in [9.17, 15) is 4.79 Å². The van der Waals surface area contributed by atoms with E-state index in [1.165, 1.54) is 0 Å². The number of nitrogens with zero attached hydrogens (tertiary/aromatic N) is 1. The second kappa shape index (κ2) is 5.37. The van der Waals surface area contributed by atoms with Crippen LogP contribution in [0.25, 0.3) is 0 Å². The molecular weight excluding hydrogens is 206 g/mol. The van der Waals surface area contributed by atoms with Crippen LogP contribution in [-0.4, -0.2) is 38.1 Å². The first-order chi connectivity index (χ1) is 7.52. The highest BCUT2D eigenvalue weighted by Crippen LogP contribution is 2.24. The van der Waals surface area contributed by atoms with Gasteiger partial charge >= 0.3 is 0 Å². The summed E-state index contributed by atoms with van der Waals surface area (Å²) in [5, 5.41) is 0. The number of nitrogen functional groups attached to an aromatic ring is 1. The summed E-state index contributed by atoms with van der Waals surface area (Å²) in [4.78, 5) is 13.0. The molecule has 88 valence electrons. The lowest BCUT2D eigenvalue weighted by Crippen LogP contribution is -2.20. The summed E-state index contributed by atoms with van der Waals surface area (Å²) in [6.45, 7) is 1.29. The number of benzene rings is 1. The molecule has 0 atom stereocenters. The Hall–Kier alpha value is -1.75. The quantitative estimate of drug-likeness (QED) is 0.704. The highest BCUT2D eigenvalue weighted by Gasteiger charge is 2.09. The fourth-order valence-electron chi connectivity index (χ4n) is 1.22. The van der Waals surface area contributed by atoms with Crippen molar-refractivity contribution < 1.29 is 9.53 Å². The number of nitrogens with two attached hydrogens (primary N) is 2. The molecule has 5 heteroatoms. The van der Waals surface area contributed by atoms with E-state index in [1.54, 1.807) is 18.2 Å². The molecule has 0 unspecified atom stereocenters. The Kier molecular flexibility index (Phi) is 4.13. The molecule has 0 saturated carbocycles. The zero-order chi connectivity index (χ0) is 12.1. The van der Waals surface area contributed by atoms with Crippen LogP contribution in [0.5, 0.6) is 5.75 Å². The largest absolute Gasteiger partial charge is 0.490 e. The van der Waals surface area contributed by atoms with Crippen LogP contribution in [0.15, 0.2) is 18.2 Å². The molecule has 1 aromatic carbocycles. The molecule has 0 aromatic heterocycles. The van der Waals surface area contributed by atoms with Crippen molar-refractivity contribution in [3.63, 3.8) is 0 Å². The van der Waals surface area contributed by atoms with Gasteiger partial charge in [0.05, 0.1) is 11.3 Å². The van der Waals surface area contributed by atoms with E-state index in [4.69, 9.17) is 16.2 Å². The Morgan fingerprint density at radius 1 is 1.44 bits per heavy atom. The van der Waals surface area contributed by atoms with Gasteiger partial charge in [-0.25, -0.2) is 0 Å². The minimum atomic E-state index is -0.546. The normalized spacial score (nSPS) is 10.4. The number of primary amides is 1. The van der Waals surface area contributed by atoms with Gasteiger partial charge in [-0.05, 0) is 26.2 Å². The molecule has 0 spiro atoms. The summed E-state index contributed by atoms with van der Waals surface area (Å²) in [7, 11) is 3.90. The minimum absolute atomic E-state index is 0.294. The minimum Gasteiger partial charge on any atom is -0.490 e. The summed E-state index contributed by atoms with van der Waals surface area (Å²) < 4.78 is 5.46. The molecular formula is C11H17N3O2. The number of likely N-dealkylation sites (N-methyl/N-ethyl adjacent to an activating group) is 1. The maximum absolute atomic E-state index is 11.0. The number of amides is 1. The Morgan fingerprint density at radius 3 is 2.69 bits per heavy atom. The Balaban J connectivity index is 2.73. The molecule has 1 rings (SSSR count). The van der Waals surface area contributed by atoms with Crippen molar-refractivity contribution in [2.75, 3.05) is 33.0 Å². The predicted octanol–water partition coefficient (Wildman–Crippen LogP) is 0.308. The van der Waals surface area contributed by atoms with Gasteiger partial charge in [-0.1, -0.05) is 6.07 Å². The second-order valence-electron chi connectivity index (χ2n) is 3.73. The van der Waals surface area contributed by atoms with Crippen LogP contribution in [0.4, 0.5) is 5.69 Å². The number of hydrogen-bond acceptors (Lipinski definition) is 4. The first kappa shape index (κ1) is 12.3. The second-order valence-corrected chi connectivity index (χ2v) is 3.73. The molecule has 5 nitrogen and oxygen atoms in total. The van der Waals surface area contributed by atoms with Crippen molar-refractivity contribution in [3.8, 4) is 5.75 Å². The van der Waals surface area contributed by atoms with Crippen LogP contribution in [0.1, 0.15) is 10.4 Å². The number of rotatable bonds is 5. The number of ether oxygens (including phenoxy) is 1.